The van der Waals surface area contributed by atoms with Gasteiger partial charge < -0.3 is 10.4 Å². The Labute approximate surface area is 140 Å². The number of non-ortho nitro benzene ring substituents is 1. The third-order valence-electron chi connectivity index (χ3n) is 3.70. The molecule has 0 fully saturated rings. The van der Waals surface area contributed by atoms with E-state index >= 15 is 0 Å². The molecule has 0 spiro atoms. The molecule has 0 saturated carbocycles. The van der Waals surface area contributed by atoms with E-state index in [1.807, 2.05) is 30.3 Å². The first-order chi connectivity index (χ1) is 11.6. The van der Waals surface area contributed by atoms with E-state index in [2.05, 4.69) is 5.32 Å². The molecule has 2 N–H and O–H groups in total. The Balaban J connectivity index is 2.00. The zero-order valence-electron chi connectivity index (χ0n) is 13.2. The SMILES string of the molecule is O=C(Cc1ccc([N+](=O)[O-])cc1)NC(CCCO)c1ccccc1. The fourth-order valence-corrected chi connectivity index (χ4v) is 2.47. The average Bonchev–Trinajstić information content (AvgIpc) is 2.59. The van der Waals surface area contributed by atoms with E-state index in [1.54, 1.807) is 12.1 Å². The number of nitro groups is 1. The number of benzene rings is 2. The molecule has 1 unspecified atom stereocenters. The first kappa shape index (κ1) is 17.6. The van der Waals surface area contributed by atoms with Gasteiger partial charge in [-0.05, 0) is 24.0 Å². The first-order valence-electron chi connectivity index (χ1n) is 7.78. The second-order valence-electron chi connectivity index (χ2n) is 5.50. The van der Waals surface area contributed by atoms with Crippen molar-refractivity contribution >= 4 is 11.6 Å². The quantitative estimate of drug-likeness (QED) is 0.575. The number of amides is 1. The van der Waals surface area contributed by atoms with Crippen LogP contribution in [0.3, 0.4) is 0 Å². The van der Waals surface area contributed by atoms with Crippen LogP contribution < -0.4 is 5.32 Å². The maximum atomic E-state index is 12.3. The second kappa shape index (κ2) is 8.79. The van der Waals surface area contributed by atoms with Gasteiger partial charge in [-0.1, -0.05) is 42.5 Å². The van der Waals surface area contributed by atoms with Gasteiger partial charge in [0.2, 0.25) is 5.91 Å². The summed E-state index contributed by atoms with van der Waals surface area (Å²) in [5.41, 5.74) is 1.71. The molecule has 6 heteroatoms. The minimum Gasteiger partial charge on any atom is -0.396 e. The number of rotatable bonds is 8. The zero-order chi connectivity index (χ0) is 17.4. The van der Waals surface area contributed by atoms with Crippen LogP contribution in [-0.4, -0.2) is 22.5 Å². The lowest BCUT2D eigenvalue weighted by molar-refractivity contribution is -0.384. The van der Waals surface area contributed by atoms with Gasteiger partial charge in [0, 0.05) is 18.7 Å². The number of hydrogen-bond donors (Lipinski definition) is 2. The maximum absolute atomic E-state index is 12.3. The Hall–Kier alpha value is -2.73. The highest BCUT2D eigenvalue weighted by Crippen LogP contribution is 2.19. The highest BCUT2D eigenvalue weighted by atomic mass is 16.6. The topological polar surface area (TPSA) is 92.5 Å². The zero-order valence-corrected chi connectivity index (χ0v) is 13.2. The molecule has 0 aliphatic rings. The van der Waals surface area contributed by atoms with Crippen LogP contribution in [0.1, 0.15) is 30.0 Å². The Morgan fingerprint density at radius 3 is 2.38 bits per heavy atom. The van der Waals surface area contributed by atoms with Crippen LogP contribution in [0, 0.1) is 10.1 Å². The number of aliphatic hydroxyl groups is 1. The van der Waals surface area contributed by atoms with Gasteiger partial charge in [-0.15, -0.1) is 0 Å². The van der Waals surface area contributed by atoms with Gasteiger partial charge in [0.1, 0.15) is 0 Å². The summed E-state index contributed by atoms with van der Waals surface area (Å²) < 4.78 is 0. The van der Waals surface area contributed by atoms with Crippen LogP contribution in [0.25, 0.3) is 0 Å². The molecule has 2 aromatic rings. The number of nitrogens with one attached hydrogen (secondary N) is 1. The van der Waals surface area contributed by atoms with E-state index in [0.717, 1.165) is 5.56 Å². The number of nitrogens with zero attached hydrogens (tertiary/aromatic N) is 1. The molecule has 0 bridgehead atoms. The lowest BCUT2D eigenvalue weighted by atomic mass is 10.0. The highest BCUT2D eigenvalue weighted by molar-refractivity contribution is 5.79. The normalized spacial score (nSPS) is 11.7. The fraction of sp³-hybridized carbons (Fsp3) is 0.278. The van der Waals surface area contributed by atoms with E-state index in [9.17, 15) is 14.9 Å². The number of nitro benzene ring substituents is 1. The van der Waals surface area contributed by atoms with Crippen LogP contribution in [0.4, 0.5) is 5.69 Å². The summed E-state index contributed by atoms with van der Waals surface area (Å²) in [6.45, 7) is 0.0710. The molecule has 1 amide bonds. The van der Waals surface area contributed by atoms with Gasteiger partial charge in [-0.3, -0.25) is 14.9 Å². The molecule has 0 radical (unpaired) electrons. The van der Waals surface area contributed by atoms with Crippen molar-refractivity contribution in [1.82, 2.24) is 5.32 Å². The number of aliphatic hydroxyl groups excluding tert-OH is 1. The van der Waals surface area contributed by atoms with Crippen molar-refractivity contribution in [2.75, 3.05) is 6.61 Å². The molecule has 0 heterocycles. The lowest BCUT2D eigenvalue weighted by Gasteiger charge is -2.19. The van der Waals surface area contributed by atoms with Crippen LogP contribution in [0.15, 0.2) is 54.6 Å². The minimum absolute atomic E-state index is 0.00395. The lowest BCUT2D eigenvalue weighted by Crippen LogP contribution is -2.30. The van der Waals surface area contributed by atoms with Gasteiger partial charge in [-0.25, -0.2) is 0 Å². The van der Waals surface area contributed by atoms with Crippen LogP contribution >= 0.6 is 0 Å². The van der Waals surface area contributed by atoms with Gasteiger partial charge in [0.15, 0.2) is 0 Å². The van der Waals surface area contributed by atoms with Crippen molar-refractivity contribution in [2.24, 2.45) is 0 Å². The molecular formula is C18H20N2O4. The predicted molar refractivity (Wildman–Crippen MR) is 90.4 cm³/mol. The van der Waals surface area contributed by atoms with E-state index in [-0.39, 0.29) is 30.7 Å². The summed E-state index contributed by atoms with van der Waals surface area (Å²) >= 11 is 0. The standard InChI is InChI=1S/C18H20N2O4/c21-12-4-7-17(15-5-2-1-3-6-15)19-18(22)13-14-8-10-16(11-9-14)20(23)24/h1-3,5-6,8-11,17,21H,4,7,12-13H2,(H,19,22). The van der Waals surface area contributed by atoms with Crippen molar-refractivity contribution < 1.29 is 14.8 Å². The summed E-state index contributed by atoms with van der Waals surface area (Å²) in [5, 5.41) is 22.6. The van der Waals surface area contributed by atoms with Crippen molar-refractivity contribution in [1.29, 1.82) is 0 Å². The van der Waals surface area contributed by atoms with Crippen LogP contribution in [0.5, 0.6) is 0 Å². The van der Waals surface area contributed by atoms with E-state index in [0.29, 0.717) is 18.4 Å². The number of carbonyl (C=O) groups excluding carboxylic acids is 1. The van der Waals surface area contributed by atoms with Gasteiger partial charge in [0.05, 0.1) is 17.4 Å². The fourth-order valence-electron chi connectivity index (χ4n) is 2.47. The Morgan fingerprint density at radius 1 is 1.12 bits per heavy atom. The number of hydrogen-bond acceptors (Lipinski definition) is 4. The molecule has 0 aliphatic heterocycles. The van der Waals surface area contributed by atoms with Crippen LogP contribution in [-0.2, 0) is 11.2 Å². The molecule has 2 rings (SSSR count). The van der Waals surface area contributed by atoms with E-state index in [4.69, 9.17) is 5.11 Å². The van der Waals surface area contributed by atoms with E-state index < -0.39 is 4.92 Å². The molecule has 2 aromatic carbocycles. The van der Waals surface area contributed by atoms with Gasteiger partial charge >= 0.3 is 0 Å². The smallest absolute Gasteiger partial charge is 0.269 e. The third-order valence-corrected chi connectivity index (χ3v) is 3.70. The number of carbonyl (C=O) groups is 1. The molecule has 0 saturated heterocycles. The molecule has 126 valence electrons. The largest absolute Gasteiger partial charge is 0.396 e. The first-order valence-corrected chi connectivity index (χ1v) is 7.78. The summed E-state index contributed by atoms with van der Waals surface area (Å²) in [6.07, 6.45) is 1.39. The van der Waals surface area contributed by atoms with Crippen molar-refractivity contribution in [3.8, 4) is 0 Å². The second-order valence-corrected chi connectivity index (χ2v) is 5.50. The molecule has 0 aliphatic carbocycles. The maximum Gasteiger partial charge on any atom is 0.269 e. The summed E-state index contributed by atoms with van der Waals surface area (Å²) in [4.78, 5) is 22.4. The molecule has 24 heavy (non-hydrogen) atoms. The van der Waals surface area contributed by atoms with Crippen molar-refractivity contribution in [3.05, 3.63) is 75.8 Å². The minimum atomic E-state index is -0.468. The van der Waals surface area contributed by atoms with Gasteiger partial charge in [-0.2, -0.15) is 0 Å². The van der Waals surface area contributed by atoms with Crippen molar-refractivity contribution in [3.63, 3.8) is 0 Å². The van der Waals surface area contributed by atoms with Crippen LogP contribution in [0.2, 0.25) is 0 Å². The summed E-state index contributed by atoms with van der Waals surface area (Å²) in [7, 11) is 0. The molecule has 6 nitrogen and oxygen atoms in total. The highest BCUT2D eigenvalue weighted by Gasteiger charge is 2.15. The Morgan fingerprint density at radius 2 is 1.79 bits per heavy atom. The monoisotopic (exact) mass is 328 g/mol. The predicted octanol–water partition coefficient (Wildman–Crippen LogP) is 2.77. The molecule has 1 atom stereocenters. The Bertz CT molecular complexity index is 671. The van der Waals surface area contributed by atoms with Crippen molar-refractivity contribution in [2.45, 2.75) is 25.3 Å². The average molecular weight is 328 g/mol. The van der Waals surface area contributed by atoms with E-state index in [1.165, 1.54) is 12.1 Å². The molecule has 0 aromatic heterocycles. The Kier molecular flexibility index (Phi) is 6.45. The van der Waals surface area contributed by atoms with Gasteiger partial charge in [0.25, 0.3) is 5.69 Å². The summed E-state index contributed by atoms with van der Waals surface area (Å²) in [6, 6.07) is 15.4. The molecular weight excluding hydrogens is 308 g/mol. The third kappa shape index (κ3) is 5.17. The summed E-state index contributed by atoms with van der Waals surface area (Å²) in [5.74, 6) is -0.157.